The topological polar surface area (TPSA) is 43.3 Å². The summed E-state index contributed by atoms with van der Waals surface area (Å²) in [4.78, 5) is 4.59. The summed E-state index contributed by atoms with van der Waals surface area (Å²) >= 11 is 0. The van der Waals surface area contributed by atoms with Crippen molar-refractivity contribution in [1.29, 1.82) is 0 Å². The van der Waals surface area contributed by atoms with E-state index in [0.717, 1.165) is 24.2 Å². The van der Waals surface area contributed by atoms with Gasteiger partial charge in [-0.2, -0.15) is 0 Å². The van der Waals surface area contributed by atoms with E-state index >= 15 is 0 Å². The van der Waals surface area contributed by atoms with Crippen LogP contribution in [0, 0.1) is 5.82 Å². The molecule has 0 aliphatic heterocycles. The van der Waals surface area contributed by atoms with E-state index in [2.05, 4.69) is 4.98 Å². The maximum atomic E-state index is 13.2. The molecular weight excluding hydrogens is 229 g/mol. The lowest BCUT2D eigenvalue weighted by Gasteiger charge is -2.11. The minimum absolute atomic E-state index is 0.279. The molecule has 0 saturated heterocycles. The molecular formula is C14H18FN3. The zero-order chi connectivity index (χ0) is 12.5. The highest BCUT2D eigenvalue weighted by Crippen LogP contribution is 2.34. The molecule has 1 aliphatic rings. The standard InChI is InChI=1S/C14H18FN3/c15-11-7-8-12-17-13(14(16)18(12)9-11)10-5-3-1-2-4-6-10/h7-10H,1-6,16H2. The maximum Gasteiger partial charge on any atom is 0.140 e. The Balaban J connectivity index is 2.03. The highest BCUT2D eigenvalue weighted by atomic mass is 19.1. The van der Waals surface area contributed by atoms with Crippen molar-refractivity contribution in [3.05, 3.63) is 29.8 Å². The van der Waals surface area contributed by atoms with E-state index in [4.69, 9.17) is 5.73 Å². The van der Waals surface area contributed by atoms with Crippen LogP contribution in [-0.2, 0) is 0 Å². The molecule has 0 unspecified atom stereocenters. The molecule has 2 aromatic rings. The largest absolute Gasteiger partial charge is 0.383 e. The summed E-state index contributed by atoms with van der Waals surface area (Å²) in [5.74, 6) is 0.769. The quantitative estimate of drug-likeness (QED) is 0.784. The normalized spacial score (nSPS) is 18.1. The number of nitrogen functional groups attached to an aromatic ring is 1. The highest BCUT2D eigenvalue weighted by Gasteiger charge is 2.21. The van der Waals surface area contributed by atoms with Gasteiger partial charge in [0.2, 0.25) is 0 Å². The number of nitrogens with two attached hydrogens (primary N) is 1. The van der Waals surface area contributed by atoms with Gasteiger partial charge in [-0.05, 0) is 25.0 Å². The van der Waals surface area contributed by atoms with Gasteiger partial charge < -0.3 is 5.73 Å². The van der Waals surface area contributed by atoms with E-state index in [-0.39, 0.29) is 5.82 Å². The number of anilines is 1. The van der Waals surface area contributed by atoms with Gasteiger partial charge in [0.25, 0.3) is 0 Å². The number of halogens is 1. The summed E-state index contributed by atoms with van der Waals surface area (Å²) in [6, 6.07) is 3.12. The molecule has 3 nitrogen and oxygen atoms in total. The average Bonchev–Trinajstić information content (AvgIpc) is 2.59. The van der Waals surface area contributed by atoms with Gasteiger partial charge in [0.05, 0.1) is 5.69 Å². The zero-order valence-electron chi connectivity index (χ0n) is 10.4. The molecule has 0 spiro atoms. The molecule has 0 atom stereocenters. The summed E-state index contributed by atoms with van der Waals surface area (Å²) in [7, 11) is 0. The monoisotopic (exact) mass is 247 g/mol. The molecule has 1 saturated carbocycles. The SMILES string of the molecule is Nc1c(C2CCCCCC2)nc2ccc(F)cn12. The van der Waals surface area contributed by atoms with E-state index in [1.165, 1.54) is 37.9 Å². The van der Waals surface area contributed by atoms with Gasteiger partial charge >= 0.3 is 0 Å². The minimum atomic E-state index is -0.279. The first-order valence-corrected chi connectivity index (χ1v) is 6.68. The van der Waals surface area contributed by atoms with E-state index in [1.54, 1.807) is 10.5 Å². The van der Waals surface area contributed by atoms with Crippen molar-refractivity contribution in [2.24, 2.45) is 0 Å². The number of hydrogen-bond donors (Lipinski definition) is 1. The first kappa shape index (κ1) is 11.5. The van der Waals surface area contributed by atoms with Gasteiger partial charge in [-0.3, -0.25) is 4.40 Å². The van der Waals surface area contributed by atoms with Crippen molar-refractivity contribution in [1.82, 2.24) is 9.38 Å². The van der Waals surface area contributed by atoms with Crippen LogP contribution in [0.5, 0.6) is 0 Å². The Morgan fingerprint density at radius 3 is 2.61 bits per heavy atom. The zero-order valence-corrected chi connectivity index (χ0v) is 10.4. The van der Waals surface area contributed by atoms with Gasteiger partial charge in [0, 0.05) is 12.1 Å². The number of nitrogens with zero attached hydrogens (tertiary/aromatic N) is 2. The molecule has 96 valence electrons. The number of rotatable bonds is 1. The molecule has 2 N–H and O–H groups in total. The second-order valence-corrected chi connectivity index (χ2v) is 5.15. The Morgan fingerprint density at radius 2 is 1.89 bits per heavy atom. The number of aromatic nitrogens is 2. The lowest BCUT2D eigenvalue weighted by molar-refractivity contribution is 0.582. The lowest BCUT2D eigenvalue weighted by Crippen LogP contribution is -2.03. The second kappa shape index (κ2) is 4.59. The van der Waals surface area contributed by atoms with Gasteiger partial charge in [0.1, 0.15) is 17.3 Å². The van der Waals surface area contributed by atoms with E-state index < -0.39 is 0 Å². The molecule has 0 aromatic carbocycles. The summed E-state index contributed by atoms with van der Waals surface area (Å²) in [6.45, 7) is 0. The molecule has 3 rings (SSSR count). The van der Waals surface area contributed by atoms with Crippen LogP contribution in [-0.4, -0.2) is 9.38 Å². The number of imidazole rings is 1. The predicted molar refractivity (Wildman–Crippen MR) is 70.0 cm³/mol. The van der Waals surface area contributed by atoms with Crippen molar-refractivity contribution in [3.8, 4) is 0 Å². The molecule has 1 aliphatic carbocycles. The highest BCUT2D eigenvalue weighted by molar-refractivity contribution is 5.53. The van der Waals surface area contributed by atoms with Gasteiger partial charge in [-0.1, -0.05) is 25.7 Å². The van der Waals surface area contributed by atoms with Crippen LogP contribution >= 0.6 is 0 Å². The first-order chi connectivity index (χ1) is 8.75. The predicted octanol–water partition coefficient (Wildman–Crippen LogP) is 3.49. The van der Waals surface area contributed by atoms with Crippen LogP contribution in [0.4, 0.5) is 10.2 Å². The lowest BCUT2D eigenvalue weighted by atomic mass is 9.97. The van der Waals surface area contributed by atoms with Crippen LogP contribution in [0.1, 0.15) is 50.1 Å². The third kappa shape index (κ3) is 1.96. The van der Waals surface area contributed by atoms with Crippen LogP contribution in [0.3, 0.4) is 0 Å². The van der Waals surface area contributed by atoms with Crippen LogP contribution in [0.15, 0.2) is 18.3 Å². The number of pyridine rings is 1. The molecule has 0 amide bonds. The molecule has 0 radical (unpaired) electrons. The molecule has 4 heteroatoms. The first-order valence-electron chi connectivity index (χ1n) is 6.68. The minimum Gasteiger partial charge on any atom is -0.383 e. The van der Waals surface area contributed by atoms with Gasteiger partial charge in [-0.15, -0.1) is 0 Å². The fourth-order valence-electron chi connectivity index (χ4n) is 2.91. The molecule has 0 bridgehead atoms. The Hall–Kier alpha value is -1.58. The summed E-state index contributed by atoms with van der Waals surface area (Å²) in [5.41, 5.74) is 7.83. The van der Waals surface area contributed by atoms with Crippen LogP contribution in [0.25, 0.3) is 5.65 Å². The van der Waals surface area contributed by atoms with E-state index in [0.29, 0.717) is 11.7 Å². The molecule has 18 heavy (non-hydrogen) atoms. The summed E-state index contributed by atoms with van der Waals surface area (Å²) in [5, 5.41) is 0. The number of hydrogen-bond acceptors (Lipinski definition) is 2. The fourth-order valence-corrected chi connectivity index (χ4v) is 2.91. The van der Waals surface area contributed by atoms with Crippen molar-refractivity contribution < 1.29 is 4.39 Å². The van der Waals surface area contributed by atoms with E-state index in [9.17, 15) is 4.39 Å². The van der Waals surface area contributed by atoms with Crippen molar-refractivity contribution >= 4 is 11.5 Å². The summed E-state index contributed by atoms with van der Waals surface area (Å²) in [6.07, 6.45) is 8.81. The van der Waals surface area contributed by atoms with Crippen LogP contribution < -0.4 is 5.73 Å². The Kier molecular flexibility index (Phi) is 2.94. The fraction of sp³-hybridized carbons (Fsp3) is 0.500. The summed E-state index contributed by atoms with van der Waals surface area (Å²) < 4.78 is 14.9. The second-order valence-electron chi connectivity index (χ2n) is 5.15. The third-order valence-electron chi connectivity index (χ3n) is 3.89. The van der Waals surface area contributed by atoms with Gasteiger partial charge in [-0.25, -0.2) is 9.37 Å². The number of fused-ring (bicyclic) bond motifs is 1. The molecule has 1 fully saturated rings. The third-order valence-corrected chi connectivity index (χ3v) is 3.89. The average molecular weight is 247 g/mol. The van der Waals surface area contributed by atoms with Crippen LogP contribution in [0.2, 0.25) is 0 Å². The van der Waals surface area contributed by atoms with Gasteiger partial charge in [0.15, 0.2) is 0 Å². The smallest absolute Gasteiger partial charge is 0.140 e. The Bertz CT molecular complexity index is 553. The van der Waals surface area contributed by atoms with E-state index in [1.807, 2.05) is 0 Å². The molecule has 2 aromatic heterocycles. The van der Waals surface area contributed by atoms with Crippen molar-refractivity contribution in [2.45, 2.75) is 44.4 Å². The Morgan fingerprint density at radius 1 is 1.17 bits per heavy atom. The Labute approximate surface area is 106 Å². The van der Waals surface area contributed by atoms with Crippen molar-refractivity contribution in [3.63, 3.8) is 0 Å². The molecule has 2 heterocycles. The maximum absolute atomic E-state index is 13.2. The van der Waals surface area contributed by atoms with Crippen molar-refractivity contribution in [2.75, 3.05) is 5.73 Å².